The van der Waals surface area contributed by atoms with E-state index in [0.29, 0.717) is 48.1 Å². The highest BCUT2D eigenvalue weighted by atomic mass is 16.2. The Hall–Kier alpha value is -2.21. The van der Waals surface area contributed by atoms with Gasteiger partial charge in [-0.1, -0.05) is 17.6 Å². The largest absolute Gasteiger partial charge is 0.343 e. The maximum Gasteiger partial charge on any atom is 0.230 e. The molecule has 2 heterocycles. The summed E-state index contributed by atoms with van der Waals surface area (Å²) in [5.74, 6) is -0.304. The zero-order valence-electron chi connectivity index (χ0n) is 18.0. The number of rotatable bonds is 3. The van der Waals surface area contributed by atoms with Crippen LogP contribution in [0.3, 0.4) is 0 Å². The number of aromatic nitrogens is 1. The van der Waals surface area contributed by atoms with E-state index in [-0.39, 0.29) is 23.8 Å². The van der Waals surface area contributed by atoms with E-state index in [4.69, 9.17) is 23.5 Å². The molecule has 0 N–H and O–H groups in total. The summed E-state index contributed by atoms with van der Waals surface area (Å²) in [6.45, 7) is 7.46. The molecule has 0 saturated carbocycles. The van der Waals surface area contributed by atoms with Crippen LogP contribution >= 0.6 is 0 Å². The second kappa shape index (κ2) is 7.49. The average molecular weight is 395 g/mol. The third-order valence-corrected chi connectivity index (χ3v) is 6.62. The first-order valence-corrected chi connectivity index (χ1v) is 10.4. The fourth-order valence-corrected chi connectivity index (χ4v) is 5.09. The maximum absolute atomic E-state index is 13.1. The van der Waals surface area contributed by atoms with Crippen LogP contribution in [-0.4, -0.2) is 82.4 Å². The molecule has 2 aliphatic rings. The lowest BCUT2D eigenvalue weighted by Crippen LogP contribution is -2.48. The van der Waals surface area contributed by atoms with E-state index < -0.39 is 0 Å². The molecule has 30 heavy (non-hydrogen) atoms. The maximum atomic E-state index is 13.1. The van der Waals surface area contributed by atoms with Crippen LogP contribution in [0.15, 0.2) is 12.1 Å². The number of hydrogen-bond donors (Lipinski definition) is 0. The summed E-state index contributed by atoms with van der Waals surface area (Å²) in [6.07, 6.45) is 2.74. The van der Waals surface area contributed by atoms with Crippen molar-refractivity contribution in [2.45, 2.75) is 33.2 Å². The highest BCUT2D eigenvalue weighted by molar-refractivity contribution is 6.54. The van der Waals surface area contributed by atoms with E-state index in [9.17, 15) is 9.59 Å². The summed E-state index contributed by atoms with van der Waals surface area (Å²) in [4.78, 5) is 29.5. The van der Waals surface area contributed by atoms with Gasteiger partial charge in [-0.15, -0.1) is 5.46 Å². The lowest BCUT2D eigenvalue weighted by molar-refractivity contribution is -0.134. The van der Waals surface area contributed by atoms with Crippen LogP contribution in [0.1, 0.15) is 36.7 Å². The molecule has 0 bridgehead atoms. The summed E-state index contributed by atoms with van der Waals surface area (Å²) in [5, 5.41) is 0.876. The number of nitrogens with zero attached hydrogens (tertiary/aromatic N) is 3. The Morgan fingerprint density at radius 1 is 1.20 bits per heavy atom. The average Bonchev–Trinajstić information content (AvgIpc) is 3.00. The minimum atomic E-state index is -0.233. The predicted octanol–water partition coefficient (Wildman–Crippen LogP) is -0.579. The quantitative estimate of drug-likeness (QED) is 0.654. The van der Waals surface area contributed by atoms with Gasteiger partial charge in [-0.25, -0.2) is 0 Å². The van der Waals surface area contributed by atoms with E-state index in [2.05, 4.69) is 11.0 Å². The van der Waals surface area contributed by atoms with Gasteiger partial charge in [-0.2, -0.15) is 0 Å². The molecule has 1 aliphatic carbocycles. The molecular formula is C22H24B3N3O2. The molecule has 1 amide bonds. The van der Waals surface area contributed by atoms with E-state index in [1.54, 1.807) is 0 Å². The normalized spacial score (nSPS) is 20.7. The number of likely N-dealkylation sites (N-methyl/N-ethyl adjacent to an activating group) is 1. The Bertz CT molecular complexity index is 1100. The van der Waals surface area contributed by atoms with Crippen molar-refractivity contribution < 1.29 is 9.59 Å². The van der Waals surface area contributed by atoms with Gasteiger partial charge in [0.1, 0.15) is 23.5 Å². The number of amides is 1. The molecule has 1 aliphatic heterocycles. The van der Waals surface area contributed by atoms with Crippen molar-refractivity contribution in [1.29, 1.82) is 0 Å². The van der Waals surface area contributed by atoms with E-state index >= 15 is 0 Å². The number of fused-ring (bicyclic) bond motifs is 2. The van der Waals surface area contributed by atoms with Crippen LogP contribution < -0.4 is 16.5 Å². The Balaban J connectivity index is 1.97. The molecule has 8 heteroatoms. The number of carbonyl (C=O) groups excluding carboxylic acids is 2. The molecule has 6 radical (unpaired) electrons. The van der Waals surface area contributed by atoms with Gasteiger partial charge in [-0.05, 0) is 49.6 Å². The van der Waals surface area contributed by atoms with Crippen LogP contribution in [0.4, 0.5) is 0 Å². The summed E-state index contributed by atoms with van der Waals surface area (Å²) in [5.41, 5.74) is 4.66. The molecule has 2 unspecified atom stereocenters. The van der Waals surface area contributed by atoms with Crippen LogP contribution in [0.25, 0.3) is 16.5 Å². The second-order valence-corrected chi connectivity index (χ2v) is 8.27. The minimum Gasteiger partial charge on any atom is -0.343 e. The Morgan fingerprint density at radius 3 is 2.47 bits per heavy atom. The van der Waals surface area contributed by atoms with Crippen molar-refractivity contribution in [3.8, 4) is 0 Å². The smallest absolute Gasteiger partial charge is 0.230 e. The Morgan fingerprint density at radius 2 is 1.87 bits per heavy atom. The number of benzene rings is 1. The van der Waals surface area contributed by atoms with Crippen molar-refractivity contribution in [1.82, 2.24) is 14.4 Å². The first kappa shape index (κ1) is 21.0. The minimum absolute atomic E-state index is 0.0644. The standard InChI is InChI=1S/C22H24B3N3O2/c1-5-27(6-2)22(30)12-7-13-14-8-16(23)19(24)20-18(14)15(9-17(13)26(4)10-12)21(25)28(20)11(3)29/h7-8,12,17H,5-6,9-10H2,1-4H3. The van der Waals surface area contributed by atoms with Crippen LogP contribution in [-0.2, 0) is 11.2 Å². The topological polar surface area (TPSA) is 45.6 Å². The summed E-state index contributed by atoms with van der Waals surface area (Å²) in [6, 6.07) is 1.93. The van der Waals surface area contributed by atoms with Gasteiger partial charge in [0.25, 0.3) is 0 Å². The molecule has 5 nitrogen and oxygen atoms in total. The van der Waals surface area contributed by atoms with Gasteiger partial charge < -0.3 is 4.90 Å². The zero-order valence-corrected chi connectivity index (χ0v) is 18.0. The number of carbonyl (C=O) groups is 2. The van der Waals surface area contributed by atoms with Crippen molar-refractivity contribution in [3.63, 3.8) is 0 Å². The third kappa shape index (κ3) is 2.91. The molecular weight excluding hydrogens is 371 g/mol. The molecule has 4 rings (SSSR count). The van der Waals surface area contributed by atoms with Gasteiger partial charge in [0.05, 0.1) is 5.92 Å². The van der Waals surface area contributed by atoms with Crippen LogP contribution in [0.2, 0.25) is 0 Å². The van der Waals surface area contributed by atoms with Crippen LogP contribution in [0, 0.1) is 5.92 Å². The highest BCUT2D eigenvalue weighted by Crippen LogP contribution is 2.40. The third-order valence-electron chi connectivity index (χ3n) is 6.62. The van der Waals surface area contributed by atoms with Gasteiger partial charge in [0.15, 0.2) is 0 Å². The Labute approximate surface area is 181 Å². The van der Waals surface area contributed by atoms with Gasteiger partial charge in [0.2, 0.25) is 11.8 Å². The number of hydrogen-bond acceptors (Lipinski definition) is 3. The summed E-state index contributed by atoms with van der Waals surface area (Å²) in [7, 11) is 21.0. The summed E-state index contributed by atoms with van der Waals surface area (Å²) < 4.78 is 1.47. The molecule has 2 aromatic rings. The first-order chi connectivity index (χ1) is 14.2. The molecule has 0 spiro atoms. The van der Waals surface area contributed by atoms with E-state index in [1.165, 1.54) is 11.5 Å². The second-order valence-electron chi connectivity index (χ2n) is 8.27. The van der Waals surface area contributed by atoms with Gasteiger partial charge in [-0.3, -0.25) is 19.1 Å². The monoisotopic (exact) mass is 395 g/mol. The van der Waals surface area contributed by atoms with Crippen LogP contribution in [0.5, 0.6) is 0 Å². The van der Waals surface area contributed by atoms with Crippen molar-refractivity contribution in [2.75, 3.05) is 26.7 Å². The predicted molar refractivity (Wildman–Crippen MR) is 124 cm³/mol. The Kier molecular flexibility index (Phi) is 5.25. The summed E-state index contributed by atoms with van der Waals surface area (Å²) >= 11 is 0. The molecule has 1 aromatic carbocycles. The molecule has 2 atom stereocenters. The molecule has 148 valence electrons. The van der Waals surface area contributed by atoms with Gasteiger partial charge in [0, 0.05) is 43.5 Å². The fraction of sp³-hybridized carbons (Fsp3) is 0.455. The van der Waals surface area contributed by atoms with Crippen molar-refractivity contribution >= 4 is 68.3 Å². The van der Waals surface area contributed by atoms with E-state index in [1.807, 2.05) is 31.9 Å². The van der Waals surface area contributed by atoms with Crippen molar-refractivity contribution in [2.24, 2.45) is 5.92 Å². The lowest BCUT2D eigenvalue weighted by atomic mass is 9.72. The first-order valence-electron chi connectivity index (χ1n) is 10.4. The fourth-order valence-electron chi connectivity index (χ4n) is 5.09. The molecule has 1 aromatic heterocycles. The zero-order chi connectivity index (χ0) is 21.9. The lowest BCUT2D eigenvalue weighted by Gasteiger charge is -2.40. The van der Waals surface area contributed by atoms with Gasteiger partial charge >= 0.3 is 0 Å². The SMILES string of the molecule is [B]c1cc2c3c(c([B])n(C(C)=O)c3c1[B])CC1C2=CC(C(=O)N(CC)CC)CN1C. The highest BCUT2D eigenvalue weighted by Gasteiger charge is 2.38. The van der Waals surface area contributed by atoms with Crippen molar-refractivity contribution in [3.05, 3.63) is 23.3 Å². The van der Waals surface area contributed by atoms with E-state index in [0.717, 1.165) is 22.1 Å². The molecule has 0 fully saturated rings. The molecule has 0 saturated heterocycles.